The highest BCUT2D eigenvalue weighted by atomic mass is 35.5. The molecule has 0 fully saturated rings. The van der Waals surface area contributed by atoms with Crippen LogP contribution in [0.25, 0.3) is 21.2 Å². The monoisotopic (exact) mass is 446 g/mol. The van der Waals surface area contributed by atoms with E-state index in [2.05, 4.69) is 4.98 Å². The van der Waals surface area contributed by atoms with Crippen molar-refractivity contribution < 1.29 is 9.21 Å². The van der Waals surface area contributed by atoms with Gasteiger partial charge in [0.25, 0.3) is 5.91 Å². The van der Waals surface area contributed by atoms with Gasteiger partial charge in [-0.2, -0.15) is 0 Å². The molecule has 2 aromatic heterocycles. The number of para-hydroxylation sites is 1. The Balaban J connectivity index is 1.62. The zero-order chi connectivity index (χ0) is 21.4. The minimum Gasteiger partial charge on any atom is -0.451 e. The predicted molar refractivity (Wildman–Crippen MR) is 124 cm³/mol. The molecule has 5 aromatic rings. The highest BCUT2D eigenvalue weighted by Crippen LogP contribution is 2.32. The highest BCUT2D eigenvalue weighted by molar-refractivity contribution is 7.22. The Morgan fingerprint density at radius 2 is 1.77 bits per heavy atom. The summed E-state index contributed by atoms with van der Waals surface area (Å²) in [4.78, 5) is 32.2. The van der Waals surface area contributed by atoms with Crippen LogP contribution in [0.1, 0.15) is 16.1 Å². The maximum absolute atomic E-state index is 13.5. The Hall–Kier alpha value is -3.48. The van der Waals surface area contributed by atoms with Crippen LogP contribution < -0.4 is 10.3 Å². The summed E-state index contributed by atoms with van der Waals surface area (Å²) in [6.45, 7) is 0.282. The molecule has 0 saturated heterocycles. The van der Waals surface area contributed by atoms with Crippen molar-refractivity contribution in [3.8, 4) is 0 Å². The number of thiazole rings is 1. The summed E-state index contributed by atoms with van der Waals surface area (Å²) in [6.07, 6.45) is 0. The van der Waals surface area contributed by atoms with E-state index in [1.807, 2.05) is 42.5 Å². The van der Waals surface area contributed by atoms with E-state index in [1.54, 1.807) is 30.3 Å². The second-order valence-electron chi connectivity index (χ2n) is 6.96. The second-order valence-corrected chi connectivity index (χ2v) is 8.40. The van der Waals surface area contributed by atoms with Crippen LogP contribution in [0.3, 0.4) is 0 Å². The zero-order valence-corrected chi connectivity index (χ0v) is 17.7. The van der Waals surface area contributed by atoms with Gasteiger partial charge >= 0.3 is 0 Å². The van der Waals surface area contributed by atoms with Gasteiger partial charge in [0.2, 0.25) is 0 Å². The van der Waals surface area contributed by atoms with E-state index in [1.165, 1.54) is 22.3 Å². The third-order valence-corrected chi connectivity index (χ3v) is 6.12. The van der Waals surface area contributed by atoms with Gasteiger partial charge in [-0.15, -0.1) is 0 Å². The van der Waals surface area contributed by atoms with Crippen LogP contribution in [0.15, 0.2) is 88.1 Å². The molecule has 3 aromatic carbocycles. The summed E-state index contributed by atoms with van der Waals surface area (Å²) in [5, 5.41) is 1.54. The first-order chi connectivity index (χ1) is 15.1. The third kappa shape index (κ3) is 3.83. The fraction of sp³-hybridized carbons (Fsp3) is 0.0417. The van der Waals surface area contributed by atoms with Crippen molar-refractivity contribution in [1.29, 1.82) is 0 Å². The van der Waals surface area contributed by atoms with E-state index < -0.39 is 5.91 Å². The van der Waals surface area contributed by atoms with Crippen molar-refractivity contribution in [3.63, 3.8) is 0 Å². The Bertz CT molecular complexity index is 1480. The van der Waals surface area contributed by atoms with Crippen LogP contribution in [0.2, 0.25) is 5.02 Å². The Morgan fingerprint density at radius 1 is 1.00 bits per heavy atom. The van der Waals surface area contributed by atoms with Crippen LogP contribution in [-0.2, 0) is 6.54 Å². The smallest absolute Gasteiger partial charge is 0.296 e. The van der Waals surface area contributed by atoms with Crippen LogP contribution in [0.5, 0.6) is 0 Å². The molecule has 1 amide bonds. The molecule has 0 bridgehead atoms. The van der Waals surface area contributed by atoms with Crippen molar-refractivity contribution in [1.82, 2.24) is 4.98 Å². The summed E-state index contributed by atoms with van der Waals surface area (Å²) in [7, 11) is 0. The van der Waals surface area contributed by atoms with Crippen LogP contribution in [0, 0.1) is 0 Å². The molecule has 7 heteroatoms. The summed E-state index contributed by atoms with van der Waals surface area (Å²) in [5.74, 6) is -0.464. The van der Waals surface area contributed by atoms with Gasteiger partial charge in [0.15, 0.2) is 16.3 Å². The minimum atomic E-state index is -0.433. The number of aromatic nitrogens is 1. The lowest BCUT2D eigenvalue weighted by molar-refractivity contribution is 0.0959. The maximum atomic E-state index is 13.5. The molecule has 152 valence electrons. The number of hydrogen-bond acceptors (Lipinski definition) is 5. The zero-order valence-electron chi connectivity index (χ0n) is 16.1. The average molecular weight is 447 g/mol. The molecule has 0 spiro atoms. The van der Waals surface area contributed by atoms with Crippen molar-refractivity contribution >= 4 is 55.2 Å². The molecule has 0 aliphatic heterocycles. The van der Waals surface area contributed by atoms with E-state index in [4.69, 9.17) is 16.0 Å². The quantitative estimate of drug-likeness (QED) is 0.344. The Morgan fingerprint density at radius 3 is 2.61 bits per heavy atom. The van der Waals surface area contributed by atoms with Gasteiger partial charge in [0, 0.05) is 11.1 Å². The Kier molecular flexibility index (Phi) is 5.02. The van der Waals surface area contributed by atoms with E-state index >= 15 is 0 Å². The molecule has 0 N–H and O–H groups in total. The number of nitrogens with zero attached hydrogens (tertiary/aromatic N) is 2. The summed E-state index contributed by atoms with van der Waals surface area (Å²) in [5.41, 5.74) is 1.78. The standard InChI is InChI=1S/C24H15ClN2O3S/c25-16-10-11-18-22(12-16)31-24(26-18)27(14-15-6-2-1-3-7-15)23(29)21-13-19(28)17-8-4-5-9-20(17)30-21/h1-13H,14H2. The summed E-state index contributed by atoms with van der Waals surface area (Å²) >= 11 is 7.48. The summed E-state index contributed by atoms with van der Waals surface area (Å²) < 4.78 is 6.67. The lowest BCUT2D eigenvalue weighted by atomic mass is 10.2. The highest BCUT2D eigenvalue weighted by Gasteiger charge is 2.24. The molecule has 2 heterocycles. The molecule has 0 unspecified atom stereocenters. The average Bonchev–Trinajstić information content (AvgIpc) is 3.20. The third-order valence-electron chi connectivity index (χ3n) is 4.84. The SMILES string of the molecule is O=C(c1cc(=O)c2ccccc2o1)N(Cc1ccccc1)c1nc2ccc(Cl)cc2s1. The molecule has 0 atom stereocenters. The lowest BCUT2D eigenvalue weighted by Crippen LogP contribution is -2.31. The maximum Gasteiger partial charge on any atom is 0.296 e. The fourth-order valence-electron chi connectivity index (χ4n) is 3.34. The second kappa shape index (κ2) is 7.98. The van der Waals surface area contributed by atoms with Gasteiger partial charge in [-0.3, -0.25) is 14.5 Å². The van der Waals surface area contributed by atoms with Crippen molar-refractivity contribution in [2.24, 2.45) is 0 Å². The minimum absolute atomic E-state index is 0.0306. The number of carbonyl (C=O) groups excluding carboxylic acids is 1. The van der Waals surface area contributed by atoms with Gasteiger partial charge in [0.1, 0.15) is 5.58 Å². The molecular formula is C24H15ClN2O3S. The van der Waals surface area contributed by atoms with Gasteiger partial charge in [-0.1, -0.05) is 65.4 Å². The largest absolute Gasteiger partial charge is 0.451 e. The van der Waals surface area contributed by atoms with Crippen LogP contribution in [-0.4, -0.2) is 10.9 Å². The van der Waals surface area contributed by atoms with E-state index in [0.29, 0.717) is 21.1 Å². The molecule has 0 saturated carbocycles. The van der Waals surface area contributed by atoms with E-state index in [9.17, 15) is 9.59 Å². The first-order valence-corrected chi connectivity index (χ1v) is 10.7. The number of fused-ring (bicyclic) bond motifs is 2. The van der Waals surface area contributed by atoms with Crippen molar-refractivity contribution in [2.75, 3.05) is 4.90 Å². The van der Waals surface area contributed by atoms with E-state index in [-0.39, 0.29) is 17.7 Å². The number of benzene rings is 3. The molecule has 5 rings (SSSR count). The molecule has 0 aliphatic carbocycles. The van der Waals surface area contributed by atoms with Crippen LogP contribution >= 0.6 is 22.9 Å². The van der Waals surface area contributed by atoms with Crippen molar-refractivity contribution in [3.05, 3.63) is 105 Å². The predicted octanol–water partition coefficient (Wildman–Crippen LogP) is 5.90. The molecule has 0 aliphatic rings. The number of rotatable bonds is 4. The number of carbonyl (C=O) groups is 1. The molecule has 0 radical (unpaired) electrons. The fourth-order valence-corrected chi connectivity index (χ4v) is 4.58. The number of hydrogen-bond donors (Lipinski definition) is 0. The van der Waals surface area contributed by atoms with E-state index in [0.717, 1.165) is 15.8 Å². The Labute approximate surface area is 186 Å². The first kappa shape index (κ1) is 19.5. The first-order valence-electron chi connectivity index (χ1n) is 9.53. The van der Waals surface area contributed by atoms with Gasteiger partial charge in [-0.25, -0.2) is 4.98 Å². The van der Waals surface area contributed by atoms with Crippen molar-refractivity contribution in [2.45, 2.75) is 6.54 Å². The van der Waals surface area contributed by atoms with Gasteiger partial charge in [0.05, 0.1) is 22.1 Å². The van der Waals surface area contributed by atoms with Crippen LogP contribution in [0.4, 0.5) is 5.13 Å². The van der Waals surface area contributed by atoms with Gasteiger partial charge < -0.3 is 4.42 Å². The normalized spacial score (nSPS) is 11.1. The number of anilines is 1. The lowest BCUT2D eigenvalue weighted by Gasteiger charge is -2.19. The number of halogens is 1. The molecular weight excluding hydrogens is 432 g/mol. The summed E-state index contributed by atoms with van der Waals surface area (Å²) in [6, 6.07) is 23.1. The molecule has 5 nitrogen and oxygen atoms in total. The topological polar surface area (TPSA) is 63.4 Å². The number of amides is 1. The van der Waals surface area contributed by atoms with Gasteiger partial charge in [-0.05, 0) is 35.9 Å². The molecule has 31 heavy (non-hydrogen) atoms.